The van der Waals surface area contributed by atoms with Crippen molar-refractivity contribution in [2.75, 3.05) is 6.61 Å². The molecule has 3 rings (SSSR count). The second-order valence-electron chi connectivity index (χ2n) is 4.99. The first-order valence-electron chi connectivity index (χ1n) is 6.28. The Balaban J connectivity index is 2.06. The third kappa shape index (κ3) is 2.10. The normalized spacial score (nSPS) is 30.9. The van der Waals surface area contributed by atoms with Crippen molar-refractivity contribution in [3.8, 4) is 0 Å². The summed E-state index contributed by atoms with van der Waals surface area (Å²) in [7, 11) is 0. The minimum Gasteiger partial charge on any atom is -0.388 e. The van der Waals surface area contributed by atoms with Crippen LogP contribution in [0.15, 0.2) is 18.3 Å². The Morgan fingerprint density at radius 2 is 2.10 bits per heavy atom. The molecule has 0 radical (unpaired) electrons. The molecule has 1 fully saturated rings. The molecule has 1 aliphatic heterocycles. The molecule has 0 amide bonds. The third-order valence-electron chi connectivity index (χ3n) is 3.61. The van der Waals surface area contributed by atoms with Gasteiger partial charge in [0.15, 0.2) is 6.23 Å². The fourth-order valence-corrected chi connectivity index (χ4v) is 2.74. The predicted molar refractivity (Wildman–Crippen MR) is 72.5 cm³/mol. The van der Waals surface area contributed by atoms with Gasteiger partial charge in [-0.15, -0.1) is 0 Å². The molecule has 1 saturated heterocycles. The average molecular weight is 299 g/mol. The molecule has 108 valence electrons. The number of nitrogens with zero attached hydrogens (tertiary/aromatic N) is 2. The number of aliphatic hydroxyl groups excluding tert-OH is 3. The SMILES string of the molecule is Cc1cc(Cl)nc2c1ccn2C1OCC(O)C(O)C1O. The maximum Gasteiger partial charge on any atom is 0.164 e. The zero-order chi connectivity index (χ0) is 14.4. The number of rotatable bonds is 1. The largest absolute Gasteiger partial charge is 0.388 e. The summed E-state index contributed by atoms with van der Waals surface area (Å²) < 4.78 is 7.04. The van der Waals surface area contributed by atoms with Crippen LogP contribution in [0.5, 0.6) is 0 Å². The van der Waals surface area contributed by atoms with Gasteiger partial charge in [-0.05, 0) is 24.6 Å². The Morgan fingerprint density at radius 1 is 1.35 bits per heavy atom. The van der Waals surface area contributed by atoms with Gasteiger partial charge in [0, 0.05) is 11.6 Å². The van der Waals surface area contributed by atoms with Crippen molar-refractivity contribution in [2.45, 2.75) is 31.5 Å². The maximum absolute atomic E-state index is 10.1. The summed E-state index contributed by atoms with van der Waals surface area (Å²) in [5.74, 6) is 0. The van der Waals surface area contributed by atoms with Gasteiger partial charge in [-0.3, -0.25) is 0 Å². The summed E-state index contributed by atoms with van der Waals surface area (Å²) in [4.78, 5) is 4.24. The number of ether oxygens (including phenoxy) is 1. The third-order valence-corrected chi connectivity index (χ3v) is 3.80. The van der Waals surface area contributed by atoms with Gasteiger partial charge in [0.25, 0.3) is 0 Å². The topological polar surface area (TPSA) is 87.7 Å². The van der Waals surface area contributed by atoms with Crippen LogP contribution in [-0.4, -0.2) is 49.8 Å². The van der Waals surface area contributed by atoms with Crippen LogP contribution in [0.1, 0.15) is 11.8 Å². The fourth-order valence-electron chi connectivity index (χ4n) is 2.50. The van der Waals surface area contributed by atoms with Crippen LogP contribution in [0, 0.1) is 6.92 Å². The number of aliphatic hydroxyl groups is 3. The molecule has 0 bridgehead atoms. The van der Waals surface area contributed by atoms with Crippen molar-refractivity contribution in [3.63, 3.8) is 0 Å². The molecule has 0 aliphatic carbocycles. The Hall–Kier alpha value is -1.18. The van der Waals surface area contributed by atoms with E-state index >= 15 is 0 Å². The molecule has 3 heterocycles. The van der Waals surface area contributed by atoms with E-state index in [9.17, 15) is 15.3 Å². The van der Waals surface area contributed by atoms with Crippen LogP contribution in [0.2, 0.25) is 5.15 Å². The van der Waals surface area contributed by atoms with E-state index in [1.165, 1.54) is 0 Å². The number of hydrogen-bond acceptors (Lipinski definition) is 5. The van der Waals surface area contributed by atoms with E-state index in [1.54, 1.807) is 16.8 Å². The van der Waals surface area contributed by atoms with E-state index in [0.717, 1.165) is 10.9 Å². The highest BCUT2D eigenvalue weighted by molar-refractivity contribution is 6.29. The number of fused-ring (bicyclic) bond motifs is 1. The van der Waals surface area contributed by atoms with Gasteiger partial charge >= 0.3 is 0 Å². The lowest BCUT2D eigenvalue weighted by molar-refractivity contribution is -0.209. The highest BCUT2D eigenvalue weighted by Crippen LogP contribution is 2.29. The molecule has 4 unspecified atom stereocenters. The smallest absolute Gasteiger partial charge is 0.164 e. The highest BCUT2D eigenvalue weighted by atomic mass is 35.5. The van der Waals surface area contributed by atoms with Crippen LogP contribution >= 0.6 is 11.6 Å². The van der Waals surface area contributed by atoms with Crippen LogP contribution in [0.25, 0.3) is 11.0 Å². The van der Waals surface area contributed by atoms with Crippen molar-refractivity contribution in [1.29, 1.82) is 0 Å². The number of aromatic nitrogens is 2. The predicted octanol–water partition coefficient (Wildman–Crippen LogP) is 0.610. The van der Waals surface area contributed by atoms with Crippen LogP contribution in [0.3, 0.4) is 0 Å². The van der Waals surface area contributed by atoms with E-state index < -0.39 is 24.5 Å². The van der Waals surface area contributed by atoms with Crippen LogP contribution < -0.4 is 0 Å². The fraction of sp³-hybridized carbons (Fsp3) is 0.462. The molecule has 4 atom stereocenters. The minimum atomic E-state index is -1.26. The summed E-state index contributed by atoms with van der Waals surface area (Å²) in [6.07, 6.45) is -2.68. The lowest BCUT2D eigenvalue weighted by Gasteiger charge is -2.36. The first-order valence-corrected chi connectivity index (χ1v) is 6.66. The van der Waals surface area contributed by atoms with Gasteiger partial charge in [0.1, 0.15) is 29.1 Å². The maximum atomic E-state index is 10.1. The second kappa shape index (κ2) is 4.98. The zero-order valence-corrected chi connectivity index (χ0v) is 11.5. The summed E-state index contributed by atoms with van der Waals surface area (Å²) in [6, 6.07) is 3.60. The van der Waals surface area contributed by atoms with Crippen molar-refractivity contribution in [3.05, 3.63) is 29.0 Å². The molecular formula is C13H15ClN2O4. The Labute approximate surface area is 120 Å². The van der Waals surface area contributed by atoms with Crippen molar-refractivity contribution >= 4 is 22.6 Å². The Morgan fingerprint density at radius 3 is 2.85 bits per heavy atom. The van der Waals surface area contributed by atoms with Gasteiger partial charge in [0.2, 0.25) is 0 Å². The first-order chi connectivity index (χ1) is 9.49. The molecule has 6 nitrogen and oxygen atoms in total. The summed E-state index contributed by atoms with van der Waals surface area (Å²) >= 11 is 5.96. The number of aryl methyl sites for hydroxylation is 1. The summed E-state index contributed by atoms with van der Waals surface area (Å²) in [5, 5.41) is 30.5. The molecule has 0 aromatic carbocycles. The van der Waals surface area contributed by atoms with E-state index in [1.807, 2.05) is 13.0 Å². The number of pyridine rings is 1. The van der Waals surface area contributed by atoms with Crippen molar-refractivity contribution in [2.24, 2.45) is 0 Å². The second-order valence-corrected chi connectivity index (χ2v) is 5.38. The molecular weight excluding hydrogens is 284 g/mol. The van der Waals surface area contributed by atoms with Crippen molar-refractivity contribution in [1.82, 2.24) is 9.55 Å². The van der Waals surface area contributed by atoms with Crippen LogP contribution in [-0.2, 0) is 4.74 Å². The summed E-state index contributed by atoms with van der Waals surface area (Å²) in [6.45, 7) is 1.86. The average Bonchev–Trinajstić information content (AvgIpc) is 2.80. The van der Waals surface area contributed by atoms with E-state index in [-0.39, 0.29) is 6.61 Å². The molecule has 0 spiro atoms. The zero-order valence-electron chi connectivity index (χ0n) is 10.8. The molecule has 2 aromatic heterocycles. The molecule has 3 N–H and O–H groups in total. The first kappa shape index (κ1) is 13.8. The quantitative estimate of drug-likeness (QED) is 0.672. The molecule has 20 heavy (non-hydrogen) atoms. The van der Waals surface area contributed by atoms with Gasteiger partial charge < -0.3 is 24.6 Å². The molecule has 7 heteroatoms. The minimum absolute atomic E-state index is 0.0535. The molecule has 1 aliphatic rings. The Bertz CT molecular complexity index is 645. The lowest BCUT2D eigenvalue weighted by Crippen LogP contribution is -2.50. The van der Waals surface area contributed by atoms with Gasteiger partial charge in [-0.1, -0.05) is 11.6 Å². The summed E-state index contributed by atoms with van der Waals surface area (Å²) in [5.41, 5.74) is 1.53. The lowest BCUT2D eigenvalue weighted by atomic mass is 10.0. The standard InChI is InChI=1S/C13H15ClN2O4/c1-6-4-9(14)15-12-7(6)2-3-16(12)13-11(19)10(18)8(17)5-20-13/h2-4,8,10-11,13,17-19H,5H2,1H3. The molecule has 0 saturated carbocycles. The number of hydrogen-bond donors (Lipinski definition) is 3. The van der Waals surface area contributed by atoms with Crippen LogP contribution in [0.4, 0.5) is 0 Å². The van der Waals surface area contributed by atoms with Crippen molar-refractivity contribution < 1.29 is 20.1 Å². The number of halogens is 1. The van der Waals surface area contributed by atoms with E-state index in [4.69, 9.17) is 16.3 Å². The van der Waals surface area contributed by atoms with E-state index in [2.05, 4.69) is 4.98 Å². The highest BCUT2D eigenvalue weighted by Gasteiger charge is 2.39. The van der Waals surface area contributed by atoms with Gasteiger partial charge in [-0.25, -0.2) is 4.98 Å². The molecule has 2 aromatic rings. The Kier molecular flexibility index (Phi) is 3.43. The monoisotopic (exact) mass is 298 g/mol. The van der Waals surface area contributed by atoms with Gasteiger partial charge in [0.05, 0.1) is 6.61 Å². The van der Waals surface area contributed by atoms with E-state index in [0.29, 0.717) is 10.8 Å². The van der Waals surface area contributed by atoms with Gasteiger partial charge in [-0.2, -0.15) is 0 Å².